The fourth-order valence-electron chi connectivity index (χ4n) is 3.86. The summed E-state index contributed by atoms with van der Waals surface area (Å²) in [5, 5.41) is 9.93. The molecule has 2 amide bonds. The third-order valence-electron chi connectivity index (χ3n) is 6.12. The molecule has 10 nitrogen and oxygen atoms in total. The van der Waals surface area contributed by atoms with Crippen molar-refractivity contribution < 1.29 is 19.4 Å². The number of amides is 2. The maximum absolute atomic E-state index is 11.7. The molecule has 1 aliphatic heterocycles. The first-order valence-electron chi connectivity index (χ1n) is 10.6. The van der Waals surface area contributed by atoms with E-state index >= 15 is 0 Å². The molecular weight excluding hydrogens is 444 g/mol. The number of hydrogen-bond acceptors (Lipinski definition) is 8. The first-order valence-corrected chi connectivity index (χ1v) is 11.4. The molecule has 0 bridgehead atoms. The SMILES string of the molecule is CCN(C(N)=O)c1nc2cc(-c3cnc(N4CCC(C)(C(=O)O)CC4)nc3)cc(OC)c2s1. The second kappa shape index (κ2) is 8.81. The number of ether oxygens (including phenoxy) is 1. The highest BCUT2D eigenvalue weighted by atomic mass is 32.1. The number of aliphatic carboxylic acids is 1. The first-order chi connectivity index (χ1) is 15.8. The van der Waals surface area contributed by atoms with E-state index in [-0.39, 0.29) is 0 Å². The lowest BCUT2D eigenvalue weighted by Crippen LogP contribution is -2.43. The van der Waals surface area contributed by atoms with E-state index in [1.54, 1.807) is 26.4 Å². The van der Waals surface area contributed by atoms with E-state index in [0.717, 1.165) is 15.8 Å². The summed E-state index contributed by atoms with van der Waals surface area (Å²) in [6.45, 7) is 5.23. The van der Waals surface area contributed by atoms with Crippen LogP contribution >= 0.6 is 11.3 Å². The van der Waals surface area contributed by atoms with Gasteiger partial charge in [0, 0.05) is 37.6 Å². The Bertz CT molecular complexity index is 1190. The number of carbonyl (C=O) groups is 2. The predicted octanol–water partition coefficient (Wildman–Crippen LogP) is 3.36. The van der Waals surface area contributed by atoms with E-state index in [9.17, 15) is 14.7 Å². The monoisotopic (exact) mass is 470 g/mol. The number of nitrogens with two attached hydrogens (primary N) is 1. The summed E-state index contributed by atoms with van der Waals surface area (Å²) in [7, 11) is 1.59. The molecule has 0 atom stereocenters. The highest BCUT2D eigenvalue weighted by Gasteiger charge is 2.37. The van der Waals surface area contributed by atoms with Gasteiger partial charge in [-0.2, -0.15) is 0 Å². The topological polar surface area (TPSA) is 135 Å². The molecule has 3 N–H and O–H groups in total. The Morgan fingerprint density at radius 1 is 1.24 bits per heavy atom. The Kier molecular flexibility index (Phi) is 6.07. The van der Waals surface area contributed by atoms with Gasteiger partial charge in [-0.25, -0.2) is 19.7 Å². The van der Waals surface area contributed by atoms with Gasteiger partial charge in [-0.05, 0) is 44.4 Å². The quantitative estimate of drug-likeness (QED) is 0.560. The van der Waals surface area contributed by atoms with E-state index in [4.69, 9.17) is 10.5 Å². The molecule has 0 radical (unpaired) electrons. The smallest absolute Gasteiger partial charge is 0.321 e. The van der Waals surface area contributed by atoms with Gasteiger partial charge in [-0.15, -0.1) is 0 Å². The van der Waals surface area contributed by atoms with Crippen molar-refractivity contribution in [1.82, 2.24) is 15.0 Å². The van der Waals surface area contributed by atoms with Gasteiger partial charge in [-0.3, -0.25) is 9.69 Å². The van der Waals surface area contributed by atoms with Crippen molar-refractivity contribution in [3.8, 4) is 16.9 Å². The van der Waals surface area contributed by atoms with Crippen LogP contribution in [-0.4, -0.2) is 58.8 Å². The Hall–Kier alpha value is -3.47. The molecule has 3 heterocycles. The number of benzene rings is 1. The largest absolute Gasteiger partial charge is 0.495 e. The van der Waals surface area contributed by atoms with Crippen molar-refractivity contribution in [2.45, 2.75) is 26.7 Å². The lowest BCUT2D eigenvalue weighted by Gasteiger charge is -2.36. The summed E-state index contributed by atoms with van der Waals surface area (Å²) in [5.74, 6) is 0.459. The molecule has 1 fully saturated rings. The number of piperidine rings is 1. The zero-order valence-corrected chi connectivity index (χ0v) is 19.6. The van der Waals surface area contributed by atoms with Crippen molar-refractivity contribution in [2.75, 3.05) is 36.5 Å². The standard InChI is InChI=1S/C22H26N6O4S/c1-4-28(19(23)31)21-26-15-9-13(10-16(32-3)17(15)33-21)14-11-24-20(25-12-14)27-7-5-22(2,6-8-27)18(29)30/h9-12H,4-8H2,1-3H3,(H2,23,31)(H,29,30). The fourth-order valence-corrected chi connectivity index (χ4v) is 4.96. The molecular formula is C22H26N6O4S. The van der Waals surface area contributed by atoms with E-state index in [1.165, 1.54) is 16.2 Å². The van der Waals surface area contributed by atoms with Gasteiger partial charge in [0.05, 0.1) is 22.7 Å². The normalized spacial score (nSPS) is 15.4. The average molecular weight is 471 g/mol. The number of fused-ring (bicyclic) bond motifs is 1. The number of carbonyl (C=O) groups excluding carboxylic acids is 1. The second-order valence-corrected chi connectivity index (χ2v) is 9.21. The molecule has 0 unspecified atom stereocenters. The lowest BCUT2D eigenvalue weighted by molar-refractivity contribution is -0.149. The molecule has 1 saturated heterocycles. The maximum atomic E-state index is 11.7. The average Bonchev–Trinajstić information content (AvgIpc) is 3.23. The number of thiazole rings is 1. The van der Waals surface area contributed by atoms with Gasteiger partial charge in [-0.1, -0.05) is 11.3 Å². The third-order valence-corrected chi connectivity index (χ3v) is 7.22. The van der Waals surface area contributed by atoms with Crippen LogP contribution in [0.3, 0.4) is 0 Å². The number of rotatable bonds is 6. The summed E-state index contributed by atoms with van der Waals surface area (Å²) in [5.41, 5.74) is 7.09. The maximum Gasteiger partial charge on any atom is 0.321 e. The highest BCUT2D eigenvalue weighted by Crippen LogP contribution is 2.39. The third kappa shape index (κ3) is 4.28. The Morgan fingerprint density at radius 2 is 1.91 bits per heavy atom. The van der Waals surface area contributed by atoms with E-state index < -0.39 is 17.4 Å². The minimum absolute atomic E-state index is 0.418. The van der Waals surface area contributed by atoms with Crippen LogP contribution in [0.15, 0.2) is 24.5 Å². The van der Waals surface area contributed by atoms with E-state index in [1.807, 2.05) is 24.0 Å². The number of urea groups is 1. The molecule has 1 aliphatic rings. The first kappa shape index (κ1) is 22.7. The summed E-state index contributed by atoms with van der Waals surface area (Å²) in [6.07, 6.45) is 4.58. The van der Waals surface area contributed by atoms with Crippen molar-refractivity contribution in [1.29, 1.82) is 0 Å². The second-order valence-electron chi connectivity index (χ2n) is 8.23. The van der Waals surface area contributed by atoms with E-state index in [2.05, 4.69) is 15.0 Å². The number of hydrogen-bond donors (Lipinski definition) is 2. The Balaban J connectivity index is 1.60. The van der Waals surface area contributed by atoms with Crippen LogP contribution in [0.4, 0.5) is 15.9 Å². The van der Waals surface area contributed by atoms with Gasteiger partial charge < -0.3 is 20.5 Å². The molecule has 3 aromatic rings. The van der Waals surface area contributed by atoms with Gasteiger partial charge >= 0.3 is 12.0 Å². The summed E-state index contributed by atoms with van der Waals surface area (Å²) >= 11 is 1.35. The number of nitrogens with zero attached hydrogens (tertiary/aromatic N) is 5. The van der Waals surface area contributed by atoms with Crippen LogP contribution in [0.1, 0.15) is 26.7 Å². The molecule has 33 heavy (non-hydrogen) atoms. The molecule has 1 aromatic carbocycles. The van der Waals surface area contributed by atoms with Crippen LogP contribution in [0, 0.1) is 5.41 Å². The molecule has 0 spiro atoms. The number of aromatic nitrogens is 3. The molecule has 11 heteroatoms. The summed E-state index contributed by atoms with van der Waals surface area (Å²) < 4.78 is 6.40. The van der Waals surface area contributed by atoms with Gasteiger partial charge in [0.2, 0.25) is 5.95 Å². The summed E-state index contributed by atoms with van der Waals surface area (Å²) in [6, 6.07) is 3.24. The van der Waals surface area contributed by atoms with Gasteiger partial charge in [0.1, 0.15) is 5.75 Å². The molecule has 4 rings (SSSR count). The van der Waals surface area contributed by atoms with Crippen molar-refractivity contribution in [2.24, 2.45) is 11.1 Å². The lowest BCUT2D eigenvalue weighted by atomic mass is 9.80. The number of methoxy groups -OCH3 is 1. The van der Waals surface area contributed by atoms with Crippen LogP contribution in [0.5, 0.6) is 5.75 Å². The van der Waals surface area contributed by atoms with Crippen LogP contribution < -0.4 is 20.3 Å². The van der Waals surface area contributed by atoms with Gasteiger partial charge in [0.15, 0.2) is 5.13 Å². The van der Waals surface area contributed by atoms with Crippen molar-refractivity contribution in [3.05, 3.63) is 24.5 Å². The van der Waals surface area contributed by atoms with Crippen molar-refractivity contribution in [3.63, 3.8) is 0 Å². The predicted molar refractivity (Wildman–Crippen MR) is 127 cm³/mol. The zero-order valence-electron chi connectivity index (χ0n) is 18.7. The number of primary amides is 1. The molecule has 0 aliphatic carbocycles. The zero-order chi connectivity index (χ0) is 23.8. The number of anilines is 2. The van der Waals surface area contributed by atoms with Crippen molar-refractivity contribution >= 4 is 44.6 Å². The number of carboxylic acids is 1. The fraction of sp³-hybridized carbons (Fsp3) is 0.409. The number of carboxylic acid groups (broad SMARTS) is 1. The van der Waals surface area contributed by atoms with Crippen LogP contribution in [-0.2, 0) is 4.79 Å². The Morgan fingerprint density at radius 3 is 2.45 bits per heavy atom. The van der Waals surface area contributed by atoms with Crippen LogP contribution in [0.25, 0.3) is 21.3 Å². The Labute approximate surface area is 195 Å². The summed E-state index contributed by atoms with van der Waals surface area (Å²) in [4.78, 5) is 40.2. The van der Waals surface area contributed by atoms with E-state index in [0.29, 0.717) is 54.8 Å². The molecule has 0 saturated carbocycles. The van der Waals surface area contributed by atoms with Gasteiger partial charge in [0.25, 0.3) is 0 Å². The molecule has 174 valence electrons. The van der Waals surface area contributed by atoms with Crippen LogP contribution in [0.2, 0.25) is 0 Å². The minimum atomic E-state index is -0.758. The minimum Gasteiger partial charge on any atom is -0.495 e. The highest BCUT2D eigenvalue weighted by molar-refractivity contribution is 7.22. The molecule has 2 aromatic heterocycles.